The molecule has 100 valence electrons. The number of carbonyl (C=O) groups is 2. The number of carbonyl (C=O) groups excluding carboxylic acids is 2. The van der Waals surface area contributed by atoms with Crippen LogP contribution >= 0.6 is 0 Å². The van der Waals surface area contributed by atoms with Crippen LogP contribution in [0.15, 0.2) is 24.4 Å². The smallest absolute Gasteiger partial charge is 0.241 e. The standard InChI is InChI=1S/C13H16N4O2/c1-15(2)12(19)8-16(3)13-10(9-18)17-7-5-4-6-11(17)14-13/h4-7,9H,8H2,1-3H3. The molecule has 0 aromatic carbocycles. The van der Waals surface area contributed by atoms with E-state index in [0.717, 1.165) is 6.29 Å². The second-order valence-electron chi connectivity index (χ2n) is 4.51. The summed E-state index contributed by atoms with van der Waals surface area (Å²) in [6.07, 6.45) is 2.53. The summed E-state index contributed by atoms with van der Waals surface area (Å²) in [7, 11) is 5.14. The number of hydrogen-bond acceptors (Lipinski definition) is 4. The van der Waals surface area contributed by atoms with Crippen molar-refractivity contribution in [1.29, 1.82) is 0 Å². The van der Waals surface area contributed by atoms with Crippen molar-refractivity contribution in [1.82, 2.24) is 14.3 Å². The maximum absolute atomic E-state index is 11.7. The first-order valence-corrected chi connectivity index (χ1v) is 5.88. The van der Waals surface area contributed by atoms with Crippen molar-refractivity contribution >= 4 is 23.7 Å². The summed E-state index contributed by atoms with van der Waals surface area (Å²) in [5.41, 5.74) is 1.13. The van der Waals surface area contributed by atoms with E-state index in [-0.39, 0.29) is 12.5 Å². The second kappa shape index (κ2) is 5.09. The molecule has 0 saturated heterocycles. The van der Waals surface area contributed by atoms with Gasteiger partial charge in [0, 0.05) is 27.3 Å². The van der Waals surface area contributed by atoms with Crippen molar-refractivity contribution in [3.63, 3.8) is 0 Å². The summed E-state index contributed by atoms with van der Waals surface area (Å²) in [5, 5.41) is 0. The highest BCUT2D eigenvalue weighted by molar-refractivity contribution is 5.86. The lowest BCUT2D eigenvalue weighted by atomic mass is 10.4. The van der Waals surface area contributed by atoms with Gasteiger partial charge in [-0.2, -0.15) is 0 Å². The summed E-state index contributed by atoms with van der Waals surface area (Å²) in [4.78, 5) is 30.5. The van der Waals surface area contributed by atoms with Gasteiger partial charge in [0.05, 0.1) is 6.54 Å². The van der Waals surface area contributed by atoms with Gasteiger partial charge in [0.1, 0.15) is 11.3 Å². The van der Waals surface area contributed by atoms with Gasteiger partial charge >= 0.3 is 0 Å². The Bertz CT molecular complexity index is 618. The number of imidazole rings is 1. The number of amides is 1. The van der Waals surface area contributed by atoms with Crippen LogP contribution in [0.25, 0.3) is 5.65 Å². The third-order valence-corrected chi connectivity index (χ3v) is 2.89. The lowest BCUT2D eigenvalue weighted by Crippen LogP contribution is -2.34. The minimum Gasteiger partial charge on any atom is -0.348 e. The molecule has 0 bridgehead atoms. The molecular formula is C13H16N4O2. The number of anilines is 1. The third kappa shape index (κ3) is 2.42. The highest BCUT2D eigenvalue weighted by Crippen LogP contribution is 2.18. The molecule has 0 aliphatic rings. The Kier molecular flexibility index (Phi) is 3.50. The molecule has 0 N–H and O–H groups in total. The van der Waals surface area contributed by atoms with E-state index in [1.165, 1.54) is 4.90 Å². The predicted molar refractivity (Wildman–Crippen MR) is 72.5 cm³/mol. The number of nitrogens with zero attached hydrogens (tertiary/aromatic N) is 4. The van der Waals surface area contributed by atoms with Crippen molar-refractivity contribution in [3.8, 4) is 0 Å². The van der Waals surface area contributed by atoms with Gasteiger partial charge in [0.2, 0.25) is 5.91 Å². The van der Waals surface area contributed by atoms with Crippen LogP contribution in [0, 0.1) is 0 Å². The number of rotatable bonds is 4. The van der Waals surface area contributed by atoms with Gasteiger partial charge in [-0.1, -0.05) is 6.07 Å². The molecule has 0 saturated carbocycles. The van der Waals surface area contributed by atoms with E-state index in [2.05, 4.69) is 4.98 Å². The Balaban J connectivity index is 2.39. The molecule has 0 spiro atoms. The highest BCUT2D eigenvalue weighted by Gasteiger charge is 2.17. The van der Waals surface area contributed by atoms with Crippen LogP contribution in [0.2, 0.25) is 0 Å². The minimum atomic E-state index is -0.0450. The fourth-order valence-electron chi connectivity index (χ4n) is 1.81. The van der Waals surface area contributed by atoms with Crippen molar-refractivity contribution in [2.24, 2.45) is 0 Å². The summed E-state index contributed by atoms with van der Waals surface area (Å²) < 4.78 is 1.71. The molecule has 6 heteroatoms. The summed E-state index contributed by atoms with van der Waals surface area (Å²) in [5.74, 6) is 0.466. The highest BCUT2D eigenvalue weighted by atomic mass is 16.2. The Hall–Kier alpha value is -2.37. The second-order valence-corrected chi connectivity index (χ2v) is 4.51. The number of likely N-dealkylation sites (N-methyl/N-ethyl adjacent to an activating group) is 2. The molecule has 2 aromatic rings. The zero-order valence-corrected chi connectivity index (χ0v) is 11.2. The maximum atomic E-state index is 11.7. The van der Waals surface area contributed by atoms with Crippen molar-refractivity contribution < 1.29 is 9.59 Å². The monoisotopic (exact) mass is 260 g/mol. The van der Waals surface area contributed by atoms with Gasteiger partial charge in [0.15, 0.2) is 12.1 Å². The number of aromatic nitrogens is 2. The Morgan fingerprint density at radius 2 is 2.11 bits per heavy atom. The SMILES string of the molecule is CN(C)C(=O)CN(C)c1nc2ccccn2c1C=O. The first-order chi connectivity index (χ1) is 9.04. The van der Waals surface area contributed by atoms with Crippen LogP contribution in [0.5, 0.6) is 0 Å². The van der Waals surface area contributed by atoms with Crippen LogP contribution < -0.4 is 4.90 Å². The zero-order valence-electron chi connectivity index (χ0n) is 11.2. The van der Waals surface area contributed by atoms with E-state index in [0.29, 0.717) is 17.2 Å². The number of hydrogen-bond donors (Lipinski definition) is 0. The molecule has 6 nitrogen and oxygen atoms in total. The maximum Gasteiger partial charge on any atom is 0.241 e. The molecule has 19 heavy (non-hydrogen) atoms. The lowest BCUT2D eigenvalue weighted by Gasteiger charge is -2.19. The molecular weight excluding hydrogens is 244 g/mol. The fourth-order valence-corrected chi connectivity index (χ4v) is 1.81. The largest absolute Gasteiger partial charge is 0.348 e. The number of pyridine rings is 1. The lowest BCUT2D eigenvalue weighted by molar-refractivity contribution is -0.127. The summed E-state index contributed by atoms with van der Waals surface area (Å²) in [6.45, 7) is 0.178. The average Bonchev–Trinajstić information content (AvgIpc) is 2.76. The number of fused-ring (bicyclic) bond motifs is 1. The molecule has 0 atom stereocenters. The summed E-state index contributed by atoms with van der Waals surface area (Å²) >= 11 is 0. The normalized spacial score (nSPS) is 10.5. The van der Waals surface area contributed by atoms with E-state index in [1.807, 2.05) is 18.2 Å². The minimum absolute atomic E-state index is 0.0450. The van der Waals surface area contributed by atoms with Gasteiger partial charge in [-0.15, -0.1) is 0 Å². The molecule has 2 rings (SSSR count). The van der Waals surface area contributed by atoms with E-state index in [1.54, 1.807) is 36.6 Å². The molecule has 0 unspecified atom stereocenters. The van der Waals surface area contributed by atoms with Gasteiger partial charge in [0.25, 0.3) is 0 Å². The topological polar surface area (TPSA) is 57.9 Å². The van der Waals surface area contributed by atoms with E-state index in [4.69, 9.17) is 0 Å². The molecule has 1 amide bonds. The molecule has 0 fully saturated rings. The third-order valence-electron chi connectivity index (χ3n) is 2.89. The molecule has 0 aliphatic heterocycles. The van der Waals surface area contributed by atoms with Crippen molar-refractivity contribution in [2.75, 3.05) is 32.6 Å². The van der Waals surface area contributed by atoms with Crippen LogP contribution in [-0.4, -0.2) is 54.2 Å². The van der Waals surface area contributed by atoms with Crippen LogP contribution in [0.4, 0.5) is 5.82 Å². The van der Waals surface area contributed by atoms with Crippen LogP contribution in [0.3, 0.4) is 0 Å². The van der Waals surface area contributed by atoms with Crippen molar-refractivity contribution in [2.45, 2.75) is 0 Å². The van der Waals surface area contributed by atoms with Crippen molar-refractivity contribution in [3.05, 3.63) is 30.1 Å². The zero-order chi connectivity index (χ0) is 14.0. The fraction of sp³-hybridized carbons (Fsp3) is 0.308. The van der Waals surface area contributed by atoms with E-state index in [9.17, 15) is 9.59 Å². The van der Waals surface area contributed by atoms with E-state index >= 15 is 0 Å². The number of aldehydes is 1. The average molecular weight is 260 g/mol. The predicted octanol–water partition coefficient (Wildman–Crippen LogP) is 0.671. The van der Waals surface area contributed by atoms with Gasteiger partial charge in [-0.3, -0.25) is 14.0 Å². The Morgan fingerprint density at radius 3 is 2.74 bits per heavy atom. The van der Waals surface area contributed by atoms with Crippen LogP contribution in [0.1, 0.15) is 10.5 Å². The van der Waals surface area contributed by atoms with Gasteiger partial charge in [-0.05, 0) is 12.1 Å². The molecule has 2 aromatic heterocycles. The van der Waals surface area contributed by atoms with Crippen LogP contribution in [-0.2, 0) is 4.79 Å². The molecule has 0 aliphatic carbocycles. The first kappa shape index (κ1) is 13.1. The quantitative estimate of drug-likeness (QED) is 0.758. The van der Waals surface area contributed by atoms with Gasteiger partial charge in [-0.25, -0.2) is 4.98 Å². The molecule has 2 heterocycles. The van der Waals surface area contributed by atoms with Gasteiger partial charge < -0.3 is 9.80 Å². The van der Waals surface area contributed by atoms with E-state index < -0.39 is 0 Å². The Labute approximate surface area is 111 Å². The Morgan fingerprint density at radius 1 is 1.37 bits per heavy atom. The summed E-state index contributed by atoms with van der Waals surface area (Å²) in [6, 6.07) is 5.50. The molecule has 0 radical (unpaired) electrons. The first-order valence-electron chi connectivity index (χ1n) is 5.88.